The fraction of sp³-hybridized carbons (Fsp3) is 0.846. The third-order valence-electron chi connectivity index (χ3n) is 4.98. The van der Waals surface area contributed by atoms with Crippen LogP contribution in [0.4, 0.5) is 0 Å². The number of carbonyl (C=O) groups excluding carboxylic acids is 2. The highest BCUT2D eigenvalue weighted by Crippen LogP contribution is 2.62. The predicted molar refractivity (Wildman–Crippen MR) is 81.1 cm³/mol. The zero-order valence-electron chi connectivity index (χ0n) is 11.9. The Labute approximate surface area is 138 Å². The van der Waals surface area contributed by atoms with Crippen molar-refractivity contribution in [3.63, 3.8) is 0 Å². The summed E-state index contributed by atoms with van der Waals surface area (Å²) in [5, 5.41) is 18.4. The normalized spacial score (nSPS) is 40.0. The summed E-state index contributed by atoms with van der Waals surface area (Å²) in [6.07, 6.45) is 0.373. The lowest BCUT2D eigenvalue weighted by molar-refractivity contribution is -0.129. The van der Waals surface area contributed by atoms with E-state index in [1.165, 1.54) is 0 Å². The molecule has 3 rings (SSSR count). The smallest absolute Gasteiger partial charge is 0.240 e. The second-order valence-electron chi connectivity index (χ2n) is 6.34. The number of halogens is 2. The van der Waals surface area contributed by atoms with E-state index in [4.69, 9.17) is 28.9 Å². The highest BCUT2D eigenvalue weighted by atomic mass is 35.5. The van der Waals surface area contributed by atoms with Crippen LogP contribution in [0.3, 0.4) is 0 Å². The number of alkyl halides is 2. The molecule has 0 aromatic rings. The molecule has 124 valence electrons. The van der Waals surface area contributed by atoms with Gasteiger partial charge in [0.05, 0.1) is 6.04 Å². The Morgan fingerprint density at radius 3 is 2.64 bits per heavy atom. The average Bonchev–Trinajstić information content (AvgIpc) is 2.85. The van der Waals surface area contributed by atoms with Gasteiger partial charge in [-0.2, -0.15) is 0 Å². The molecule has 3 fully saturated rings. The zero-order chi connectivity index (χ0) is 16.1. The zero-order valence-corrected chi connectivity index (χ0v) is 13.4. The number of hydrogen-bond acceptors (Lipinski definition) is 5. The van der Waals surface area contributed by atoms with Gasteiger partial charge < -0.3 is 21.5 Å². The van der Waals surface area contributed by atoms with Gasteiger partial charge in [-0.25, -0.2) is 0 Å². The van der Waals surface area contributed by atoms with Crippen LogP contribution in [-0.4, -0.2) is 52.7 Å². The summed E-state index contributed by atoms with van der Waals surface area (Å²) in [5.41, 5.74) is 5.38. The Bertz CT molecular complexity index is 490. The van der Waals surface area contributed by atoms with E-state index in [2.05, 4.69) is 16.0 Å². The monoisotopic (exact) mass is 350 g/mol. The molecule has 0 spiro atoms. The molecule has 0 bridgehead atoms. The molecule has 1 saturated carbocycles. The fourth-order valence-electron chi connectivity index (χ4n) is 3.57. The number of carbonyl (C=O) groups is 2. The van der Waals surface area contributed by atoms with Crippen LogP contribution in [0.1, 0.15) is 12.8 Å². The Morgan fingerprint density at radius 1 is 1.41 bits per heavy atom. The van der Waals surface area contributed by atoms with Gasteiger partial charge in [0.15, 0.2) is 0 Å². The summed E-state index contributed by atoms with van der Waals surface area (Å²) in [4.78, 5) is 24.0. The number of nitrogens with two attached hydrogens (primary N) is 1. The Morgan fingerprint density at radius 2 is 2.14 bits per heavy atom. The van der Waals surface area contributed by atoms with Gasteiger partial charge in [0.25, 0.3) is 0 Å². The van der Waals surface area contributed by atoms with E-state index in [1.807, 2.05) is 0 Å². The van der Waals surface area contributed by atoms with Crippen molar-refractivity contribution in [2.75, 3.05) is 13.1 Å². The van der Waals surface area contributed by atoms with Crippen LogP contribution in [0.15, 0.2) is 0 Å². The Balaban J connectivity index is 1.59. The van der Waals surface area contributed by atoms with Crippen LogP contribution < -0.4 is 21.7 Å². The van der Waals surface area contributed by atoms with Crippen molar-refractivity contribution in [3.05, 3.63) is 0 Å². The number of rotatable bonds is 5. The SMILES string of the molecule is NC(=O)[C@H](C[C@@H]1CCNC1O)NC(=O)[C@H]1NC[C@H]2[C@@H]1C2(Cl)Cl. The highest BCUT2D eigenvalue weighted by Gasteiger charge is 2.70. The van der Waals surface area contributed by atoms with E-state index in [9.17, 15) is 14.7 Å². The molecule has 1 unspecified atom stereocenters. The number of hydrogen-bond donors (Lipinski definition) is 5. The molecule has 2 amide bonds. The maximum Gasteiger partial charge on any atom is 0.240 e. The number of aliphatic hydroxyl groups excluding tert-OH is 1. The molecule has 6 atom stereocenters. The van der Waals surface area contributed by atoms with E-state index in [-0.39, 0.29) is 23.7 Å². The van der Waals surface area contributed by atoms with Gasteiger partial charge in [0, 0.05) is 24.3 Å². The summed E-state index contributed by atoms with van der Waals surface area (Å²) in [5.74, 6) is -1.11. The third kappa shape index (κ3) is 2.80. The lowest BCUT2D eigenvalue weighted by atomic mass is 9.97. The van der Waals surface area contributed by atoms with Gasteiger partial charge in [-0.05, 0) is 19.4 Å². The van der Waals surface area contributed by atoms with Crippen molar-refractivity contribution in [2.45, 2.75) is 35.5 Å². The number of nitrogens with one attached hydrogen (secondary N) is 3. The van der Waals surface area contributed by atoms with Gasteiger partial charge in [0.2, 0.25) is 11.8 Å². The summed E-state index contributed by atoms with van der Waals surface area (Å²) in [6.45, 7) is 1.27. The molecule has 0 aromatic heterocycles. The van der Waals surface area contributed by atoms with E-state index in [0.717, 1.165) is 6.42 Å². The van der Waals surface area contributed by atoms with Crippen molar-refractivity contribution in [2.24, 2.45) is 23.5 Å². The van der Waals surface area contributed by atoms with Crippen molar-refractivity contribution in [3.8, 4) is 0 Å². The van der Waals surface area contributed by atoms with Gasteiger partial charge >= 0.3 is 0 Å². The van der Waals surface area contributed by atoms with Crippen LogP contribution in [-0.2, 0) is 9.59 Å². The minimum absolute atomic E-state index is 0.0689. The molecule has 7 nitrogen and oxygen atoms in total. The third-order valence-corrected chi connectivity index (χ3v) is 6.04. The quantitative estimate of drug-likeness (QED) is 0.394. The van der Waals surface area contributed by atoms with E-state index < -0.39 is 28.6 Å². The standard InChI is InChI=1S/C13H20Cl2N4O3/c14-13(15)6-4-18-9(8(6)13)12(22)19-7(10(16)20)3-5-1-2-17-11(5)21/h5-9,11,17-18,21H,1-4H2,(H2,16,20)(H,19,22)/t5-,6-,7-,8-,9-,11?/m0/s1. The Hall–Kier alpha value is -0.600. The molecule has 22 heavy (non-hydrogen) atoms. The van der Waals surface area contributed by atoms with Crippen LogP contribution in [0.5, 0.6) is 0 Å². The first-order valence-electron chi connectivity index (χ1n) is 7.44. The summed E-state index contributed by atoms with van der Waals surface area (Å²) < 4.78 is -0.860. The van der Waals surface area contributed by atoms with Crippen molar-refractivity contribution in [1.29, 1.82) is 0 Å². The molecule has 6 N–H and O–H groups in total. The Kier molecular flexibility index (Phi) is 4.28. The summed E-state index contributed by atoms with van der Waals surface area (Å²) >= 11 is 12.2. The number of aliphatic hydroxyl groups is 1. The van der Waals surface area contributed by atoms with E-state index in [1.54, 1.807) is 0 Å². The van der Waals surface area contributed by atoms with Crippen LogP contribution in [0.2, 0.25) is 0 Å². The van der Waals surface area contributed by atoms with Gasteiger partial charge in [-0.1, -0.05) is 0 Å². The number of piperidine rings is 1. The lowest BCUT2D eigenvalue weighted by Gasteiger charge is -2.23. The van der Waals surface area contributed by atoms with Crippen LogP contribution in [0.25, 0.3) is 0 Å². The lowest BCUT2D eigenvalue weighted by Crippen LogP contribution is -2.53. The molecule has 0 aromatic carbocycles. The van der Waals surface area contributed by atoms with Crippen molar-refractivity contribution < 1.29 is 14.7 Å². The number of primary amides is 1. The highest BCUT2D eigenvalue weighted by molar-refractivity contribution is 6.51. The van der Waals surface area contributed by atoms with Gasteiger partial charge in [0.1, 0.15) is 16.6 Å². The van der Waals surface area contributed by atoms with Crippen LogP contribution >= 0.6 is 23.2 Å². The maximum atomic E-state index is 12.4. The van der Waals surface area contributed by atoms with Crippen LogP contribution in [0, 0.1) is 17.8 Å². The molecule has 1 aliphatic carbocycles. The first kappa shape index (κ1) is 16.3. The molecule has 2 saturated heterocycles. The second kappa shape index (κ2) is 5.79. The molecular weight excluding hydrogens is 331 g/mol. The topological polar surface area (TPSA) is 116 Å². The largest absolute Gasteiger partial charge is 0.378 e. The van der Waals surface area contributed by atoms with E-state index >= 15 is 0 Å². The minimum Gasteiger partial charge on any atom is -0.378 e. The fourth-order valence-corrected chi connectivity index (χ4v) is 4.42. The van der Waals surface area contributed by atoms with Gasteiger partial charge in [-0.3, -0.25) is 14.9 Å². The maximum absolute atomic E-state index is 12.4. The van der Waals surface area contributed by atoms with Crippen molar-refractivity contribution in [1.82, 2.24) is 16.0 Å². The van der Waals surface area contributed by atoms with Crippen molar-refractivity contribution >= 4 is 35.0 Å². The summed E-state index contributed by atoms with van der Waals surface area (Å²) in [6, 6.07) is -1.32. The average molecular weight is 351 g/mol. The summed E-state index contributed by atoms with van der Waals surface area (Å²) in [7, 11) is 0. The first-order chi connectivity index (χ1) is 10.3. The van der Waals surface area contributed by atoms with Gasteiger partial charge in [-0.15, -0.1) is 23.2 Å². The molecule has 3 aliphatic rings. The predicted octanol–water partition coefficient (Wildman–Crippen LogP) is -1.33. The molecule has 9 heteroatoms. The first-order valence-corrected chi connectivity index (χ1v) is 8.20. The minimum atomic E-state index is -0.860. The van der Waals surface area contributed by atoms with E-state index in [0.29, 0.717) is 19.5 Å². The molecule has 2 heterocycles. The molecular formula is C13H20Cl2N4O3. The molecule has 0 radical (unpaired) electrons. The number of amides is 2. The second-order valence-corrected chi connectivity index (χ2v) is 7.78. The molecule has 2 aliphatic heterocycles. The number of fused-ring (bicyclic) bond motifs is 1.